The predicted molar refractivity (Wildman–Crippen MR) is 98.9 cm³/mol. The van der Waals surface area contributed by atoms with Gasteiger partial charge in [0.15, 0.2) is 5.65 Å². The predicted octanol–water partition coefficient (Wildman–Crippen LogP) is 4.09. The second-order valence-electron chi connectivity index (χ2n) is 6.84. The van der Waals surface area contributed by atoms with Crippen LogP contribution in [0, 0.1) is 6.92 Å². The van der Waals surface area contributed by atoms with Crippen LogP contribution >= 0.6 is 0 Å². The molecular weight excluding hydrogens is 314 g/mol. The summed E-state index contributed by atoms with van der Waals surface area (Å²) in [5, 5.41) is 8.04. The third-order valence-electron chi connectivity index (χ3n) is 4.06. The average Bonchev–Trinajstić information content (AvgIpc) is 3.00. The third-order valence-corrected chi connectivity index (χ3v) is 4.06. The number of carbonyl (C=O) groups is 1. The first-order valence-electron chi connectivity index (χ1n) is 8.49. The van der Waals surface area contributed by atoms with Crippen molar-refractivity contribution in [1.82, 2.24) is 19.7 Å². The summed E-state index contributed by atoms with van der Waals surface area (Å²) >= 11 is 0. The van der Waals surface area contributed by atoms with Crippen molar-refractivity contribution < 1.29 is 4.79 Å². The molecule has 0 fully saturated rings. The lowest BCUT2D eigenvalue weighted by Gasteiger charge is -2.12. The van der Waals surface area contributed by atoms with Crippen molar-refractivity contribution in [3.63, 3.8) is 0 Å². The normalized spacial score (nSPS) is 11.5. The van der Waals surface area contributed by atoms with Crippen LogP contribution in [0.3, 0.4) is 0 Å². The number of aromatic nitrogens is 4. The maximum atomic E-state index is 12.9. The van der Waals surface area contributed by atoms with Crippen LogP contribution < -0.4 is 5.32 Å². The Bertz CT molecular complexity index is 909. The number of pyridine rings is 2. The van der Waals surface area contributed by atoms with Gasteiger partial charge in [-0.05, 0) is 44.4 Å². The molecule has 0 atom stereocenters. The fourth-order valence-corrected chi connectivity index (χ4v) is 2.62. The lowest BCUT2D eigenvalue weighted by molar-refractivity contribution is 0.102. The molecule has 1 amide bonds. The monoisotopic (exact) mass is 337 g/mol. The number of anilines is 1. The van der Waals surface area contributed by atoms with E-state index in [-0.39, 0.29) is 17.9 Å². The van der Waals surface area contributed by atoms with E-state index < -0.39 is 0 Å². The number of nitrogens with one attached hydrogen (secondary N) is 1. The van der Waals surface area contributed by atoms with E-state index in [0.29, 0.717) is 11.4 Å². The molecule has 25 heavy (non-hydrogen) atoms. The Labute approximate surface area is 147 Å². The summed E-state index contributed by atoms with van der Waals surface area (Å²) in [6.45, 7) is 10.2. The van der Waals surface area contributed by atoms with Crippen LogP contribution in [0.5, 0.6) is 0 Å². The Morgan fingerprint density at radius 2 is 1.92 bits per heavy atom. The van der Waals surface area contributed by atoms with Crippen molar-refractivity contribution in [3.8, 4) is 0 Å². The molecule has 3 aromatic heterocycles. The zero-order chi connectivity index (χ0) is 18.1. The first kappa shape index (κ1) is 17.1. The van der Waals surface area contributed by atoms with E-state index in [1.165, 1.54) is 0 Å². The third kappa shape index (κ3) is 3.38. The molecule has 0 radical (unpaired) electrons. The van der Waals surface area contributed by atoms with Crippen molar-refractivity contribution >= 4 is 22.8 Å². The van der Waals surface area contributed by atoms with Crippen molar-refractivity contribution in [2.45, 2.75) is 46.6 Å². The van der Waals surface area contributed by atoms with Crippen LogP contribution in [0.1, 0.15) is 61.3 Å². The van der Waals surface area contributed by atoms with Gasteiger partial charge >= 0.3 is 0 Å². The maximum Gasteiger partial charge on any atom is 0.257 e. The molecule has 0 unspecified atom stereocenters. The molecule has 3 rings (SSSR count). The SMILES string of the molecule is Cc1ccc(NC(=O)c2cc(C(C)C)nc3c2cnn3C(C)C)nc1. The Morgan fingerprint density at radius 1 is 1.16 bits per heavy atom. The fraction of sp³-hybridized carbons (Fsp3) is 0.368. The van der Waals surface area contributed by atoms with E-state index in [4.69, 9.17) is 4.98 Å². The van der Waals surface area contributed by atoms with Crippen LogP contribution in [0.2, 0.25) is 0 Å². The van der Waals surface area contributed by atoms with Crippen LogP contribution in [0.4, 0.5) is 5.82 Å². The van der Waals surface area contributed by atoms with E-state index in [0.717, 1.165) is 22.3 Å². The zero-order valence-electron chi connectivity index (χ0n) is 15.2. The van der Waals surface area contributed by atoms with Crippen LogP contribution in [0.25, 0.3) is 11.0 Å². The molecular formula is C19H23N5O. The molecule has 0 spiro atoms. The summed E-state index contributed by atoms with van der Waals surface area (Å²) < 4.78 is 1.85. The number of hydrogen-bond donors (Lipinski definition) is 1. The van der Waals surface area contributed by atoms with Gasteiger partial charge in [0.25, 0.3) is 5.91 Å². The highest BCUT2D eigenvalue weighted by atomic mass is 16.1. The first-order valence-corrected chi connectivity index (χ1v) is 8.49. The highest BCUT2D eigenvalue weighted by Crippen LogP contribution is 2.25. The van der Waals surface area contributed by atoms with Crippen molar-refractivity contribution in [3.05, 3.63) is 47.4 Å². The number of carbonyl (C=O) groups excluding carboxylic acids is 1. The lowest BCUT2D eigenvalue weighted by atomic mass is 10.0. The Hall–Kier alpha value is -2.76. The molecule has 6 nitrogen and oxygen atoms in total. The van der Waals surface area contributed by atoms with Gasteiger partial charge in [0.05, 0.1) is 17.1 Å². The number of nitrogens with zero attached hydrogens (tertiary/aromatic N) is 4. The first-order chi connectivity index (χ1) is 11.9. The van der Waals surface area contributed by atoms with Gasteiger partial charge in [0, 0.05) is 17.9 Å². The average molecular weight is 337 g/mol. The second kappa shape index (κ2) is 6.63. The summed E-state index contributed by atoms with van der Waals surface area (Å²) in [6.07, 6.45) is 3.44. The number of hydrogen-bond acceptors (Lipinski definition) is 4. The maximum absolute atomic E-state index is 12.9. The second-order valence-corrected chi connectivity index (χ2v) is 6.84. The van der Waals surface area contributed by atoms with Gasteiger partial charge < -0.3 is 5.32 Å². The fourth-order valence-electron chi connectivity index (χ4n) is 2.62. The van der Waals surface area contributed by atoms with Gasteiger partial charge in [-0.25, -0.2) is 14.6 Å². The molecule has 6 heteroatoms. The van der Waals surface area contributed by atoms with Gasteiger partial charge in [-0.15, -0.1) is 0 Å². The number of rotatable bonds is 4. The molecule has 1 N–H and O–H groups in total. The highest BCUT2D eigenvalue weighted by molar-refractivity contribution is 6.11. The van der Waals surface area contributed by atoms with Gasteiger partial charge in [-0.3, -0.25) is 4.79 Å². The van der Waals surface area contributed by atoms with Gasteiger partial charge in [0.2, 0.25) is 0 Å². The minimum atomic E-state index is -0.200. The van der Waals surface area contributed by atoms with Crippen molar-refractivity contribution in [2.24, 2.45) is 0 Å². The number of aryl methyl sites for hydroxylation is 1. The molecule has 0 saturated heterocycles. The van der Waals surface area contributed by atoms with Crippen molar-refractivity contribution in [2.75, 3.05) is 5.32 Å². The van der Waals surface area contributed by atoms with Crippen LogP contribution in [-0.4, -0.2) is 25.7 Å². The smallest absolute Gasteiger partial charge is 0.257 e. The molecule has 0 bridgehead atoms. The molecule has 0 aliphatic heterocycles. The van der Waals surface area contributed by atoms with Crippen molar-refractivity contribution in [1.29, 1.82) is 0 Å². The Kier molecular flexibility index (Phi) is 4.53. The largest absolute Gasteiger partial charge is 0.307 e. The number of fused-ring (bicyclic) bond motifs is 1. The molecule has 0 saturated carbocycles. The van der Waals surface area contributed by atoms with E-state index in [9.17, 15) is 4.79 Å². The topological polar surface area (TPSA) is 72.7 Å². The van der Waals surface area contributed by atoms with E-state index in [1.54, 1.807) is 18.5 Å². The van der Waals surface area contributed by atoms with Crippen LogP contribution in [-0.2, 0) is 0 Å². The summed E-state index contributed by atoms with van der Waals surface area (Å²) in [4.78, 5) is 21.8. The van der Waals surface area contributed by atoms with Gasteiger partial charge in [0.1, 0.15) is 5.82 Å². The number of amides is 1. The standard InChI is InChI=1S/C19H23N5O/c1-11(2)16-8-14(15-10-21-24(12(3)4)18(15)22-16)19(25)23-17-7-6-13(5)9-20-17/h6-12H,1-5H3,(H,20,23,25). The Morgan fingerprint density at radius 3 is 2.52 bits per heavy atom. The van der Waals surface area contributed by atoms with E-state index in [2.05, 4.69) is 29.2 Å². The highest BCUT2D eigenvalue weighted by Gasteiger charge is 2.19. The molecule has 3 heterocycles. The van der Waals surface area contributed by atoms with Crippen LogP contribution in [0.15, 0.2) is 30.6 Å². The molecule has 130 valence electrons. The Balaban J connectivity index is 2.07. The summed E-state index contributed by atoms with van der Waals surface area (Å²) in [7, 11) is 0. The zero-order valence-corrected chi connectivity index (χ0v) is 15.2. The lowest BCUT2D eigenvalue weighted by Crippen LogP contribution is -2.15. The summed E-state index contributed by atoms with van der Waals surface area (Å²) in [5.41, 5.74) is 3.23. The minimum Gasteiger partial charge on any atom is -0.307 e. The van der Waals surface area contributed by atoms with Gasteiger partial charge in [-0.1, -0.05) is 19.9 Å². The summed E-state index contributed by atoms with van der Waals surface area (Å²) in [5.74, 6) is 0.542. The molecule has 3 aromatic rings. The quantitative estimate of drug-likeness (QED) is 0.778. The van der Waals surface area contributed by atoms with Gasteiger partial charge in [-0.2, -0.15) is 5.10 Å². The van der Waals surface area contributed by atoms with E-state index >= 15 is 0 Å². The van der Waals surface area contributed by atoms with E-state index in [1.807, 2.05) is 37.6 Å². The minimum absolute atomic E-state index is 0.169. The molecule has 0 aliphatic rings. The molecule has 0 aliphatic carbocycles. The molecule has 0 aromatic carbocycles. The summed E-state index contributed by atoms with van der Waals surface area (Å²) in [6, 6.07) is 5.73.